The number of aliphatic imine (C=N–C) groups is 1. The molecule has 0 fully saturated rings. The number of aromatic nitrogens is 3. The van der Waals surface area contributed by atoms with E-state index in [2.05, 4.69) is 20.5 Å². The second-order valence-corrected chi connectivity index (χ2v) is 6.99. The molecule has 0 spiro atoms. The Hall–Kier alpha value is -2.57. The van der Waals surface area contributed by atoms with Gasteiger partial charge in [0.05, 0.1) is 24.9 Å². The van der Waals surface area contributed by atoms with Gasteiger partial charge in [0.1, 0.15) is 17.9 Å². The molecule has 3 rings (SSSR count). The van der Waals surface area contributed by atoms with Crippen LogP contribution in [0, 0.1) is 0 Å². The van der Waals surface area contributed by atoms with Crippen molar-refractivity contribution < 1.29 is 17.6 Å². The fourth-order valence-corrected chi connectivity index (χ4v) is 3.06. The third-order valence-electron chi connectivity index (χ3n) is 4.65. The van der Waals surface area contributed by atoms with Gasteiger partial charge in [0, 0.05) is 26.6 Å². The van der Waals surface area contributed by atoms with Crippen molar-refractivity contribution in [3.8, 4) is 0 Å². The standard InChI is InChI=1S/C21H25F3N6O.HI/c1-3-19-28-27-15-30(19)10-9-25-20(29(2)14-18-8-5-11-31-18)26-13-16-6-4-7-17(12-16)21(22,23)24;/h4-8,11-12,15H,3,9-10,13-14H2,1-2H3,(H,25,26);1H. The third-order valence-corrected chi connectivity index (χ3v) is 4.65. The highest BCUT2D eigenvalue weighted by Gasteiger charge is 2.30. The smallest absolute Gasteiger partial charge is 0.416 e. The zero-order valence-corrected chi connectivity index (χ0v) is 20.2. The topological polar surface area (TPSA) is 71.5 Å². The van der Waals surface area contributed by atoms with E-state index in [4.69, 9.17) is 4.42 Å². The summed E-state index contributed by atoms with van der Waals surface area (Å²) in [6.07, 6.45) is -0.345. The highest BCUT2D eigenvalue weighted by atomic mass is 127. The molecule has 0 unspecified atom stereocenters. The Labute approximate surface area is 201 Å². The van der Waals surface area contributed by atoms with Crippen molar-refractivity contribution in [2.45, 2.75) is 39.2 Å². The molecule has 2 aromatic heterocycles. The zero-order chi connectivity index (χ0) is 22.3. The van der Waals surface area contributed by atoms with E-state index in [1.54, 1.807) is 24.7 Å². The average molecular weight is 562 g/mol. The normalized spacial score (nSPS) is 11.8. The van der Waals surface area contributed by atoms with Gasteiger partial charge < -0.3 is 19.2 Å². The summed E-state index contributed by atoms with van der Waals surface area (Å²) >= 11 is 0. The highest BCUT2D eigenvalue weighted by molar-refractivity contribution is 14.0. The van der Waals surface area contributed by atoms with Crippen LogP contribution >= 0.6 is 24.0 Å². The molecule has 1 aromatic carbocycles. The maximum absolute atomic E-state index is 13.0. The van der Waals surface area contributed by atoms with Crippen molar-refractivity contribution in [3.63, 3.8) is 0 Å². The van der Waals surface area contributed by atoms with E-state index in [9.17, 15) is 13.2 Å². The first-order valence-electron chi connectivity index (χ1n) is 9.91. The van der Waals surface area contributed by atoms with Crippen molar-refractivity contribution in [1.29, 1.82) is 0 Å². The quantitative estimate of drug-likeness (QED) is 0.251. The Morgan fingerprint density at radius 1 is 1.25 bits per heavy atom. The summed E-state index contributed by atoms with van der Waals surface area (Å²) in [4.78, 5) is 6.40. The molecule has 0 saturated heterocycles. The van der Waals surface area contributed by atoms with E-state index in [1.807, 2.05) is 29.5 Å². The van der Waals surface area contributed by atoms with Gasteiger partial charge in [-0.2, -0.15) is 13.2 Å². The molecular weight excluding hydrogens is 536 g/mol. The minimum Gasteiger partial charge on any atom is -0.467 e. The SMILES string of the molecule is CCc1nncn1CCNC(=NCc1cccc(C(F)(F)F)c1)N(C)Cc1ccco1.I. The van der Waals surface area contributed by atoms with Crippen LogP contribution in [0.3, 0.4) is 0 Å². The minimum atomic E-state index is -4.38. The Balaban J connectivity index is 0.00000363. The van der Waals surface area contributed by atoms with Gasteiger partial charge >= 0.3 is 6.18 Å². The van der Waals surface area contributed by atoms with Crippen LogP contribution in [0.2, 0.25) is 0 Å². The molecule has 0 bridgehead atoms. The predicted octanol–water partition coefficient (Wildman–Crippen LogP) is 4.35. The van der Waals surface area contributed by atoms with E-state index in [1.165, 1.54) is 6.07 Å². The summed E-state index contributed by atoms with van der Waals surface area (Å²) in [5.74, 6) is 2.19. The van der Waals surface area contributed by atoms with Crippen molar-refractivity contribution >= 4 is 29.9 Å². The number of rotatable bonds is 8. The number of alkyl halides is 3. The number of nitrogens with zero attached hydrogens (tertiary/aromatic N) is 5. The van der Waals surface area contributed by atoms with Gasteiger partial charge in [0.25, 0.3) is 0 Å². The summed E-state index contributed by atoms with van der Waals surface area (Å²) < 4.78 is 46.3. The molecule has 7 nitrogen and oxygen atoms in total. The molecule has 3 aromatic rings. The molecular formula is C21H26F3IN6O. The van der Waals surface area contributed by atoms with E-state index < -0.39 is 11.7 Å². The number of benzene rings is 1. The van der Waals surface area contributed by atoms with Crippen LogP contribution in [0.25, 0.3) is 0 Å². The van der Waals surface area contributed by atoms with E-state index >= 15 is 0 Å². The van der Waals surface area contributed by atoms with E-state index in [-0.39, 0.29) is 30.5 Å². The molecule has 0 saturated carbocycles. The average Bonchev–Trinajstić information content (AvgIpc) is 3.41. The summed E-state index contributed by atoms with van der Waals surface area (Å²) in [5, 5.41) is 11.3. The zero-order valence-electron chi connectivity index (χ0n) is 17.8. The first kappa shape index (κ1) is 25.7. The van der Waals surface area contributed by atoms with E-state index in [0.29, 0.717) is 31.2 Å². The summed E-state index contributed by atoms with van der Waals surface area (Å²) in [7, 11) is 1.84. The van der Waals surface area contributed by atoms with Gasteiger partial charge in [-0.15, -0.1) is 34.2 Å². The van der Waals surface area contributed by atoms with Gasteiger partial charge in [0.15, 0.2) is 5.96 Å². The van der Waals surface area contributed by atoms with Crippen LogP contribution in [0.4, 0.5) is 13.2 Å². The second-order valence-electron chi connectivity index (χ2n) is 6.99. The van der Waals surface area contributed by atoms with Gasteiger partial charge in [-0.05, 0) is 29.8 Å². The number of guanidine groups is 1. The lowest BCUT2D eigenvalue weighted by molar-refractivity contribution is -0.137. The number of nitrogens with one attached hydrogen (secondary N) is 1. The Morgan fingerprint density at radius 3 is 2.75 bits per heavy atom. The van der Waals surface area contributed by atoms with Crippen LogP contribution in [-0.2, 0) is 32.2 Å². The molecule has 2 heterocycles. The number of aryl methyl sites for hydroxylation is 1. The van der Waals surface area contributed by atoms with Crippen LogP contribution in [0.1, 0.15) is 29.6 Å². The second kappa shape index (κ2) is 11.9. The third kappa shape index (κ3) is 7.24. The Bertz CT molecular complexity index is 988. The fraction of sp³-hybridized carbons (Fsp3) is 0.381. The lowest BCUT2D eigenvalue weighted by atomic mass is 10.1. The van der Waals surface area contributed by atoms with Gasteiger partial charge in [-0.25, -0.2) is 4.99 Å². The Morgan fingerprint density at radius 2 is 2.06 bits per heavy atom. The van der Waals surface area contributed by atoms with Crippen molar-refractivity contribution in [1.82, 2.24) is 25.0 Å². The van der Waals surface area contributed by atoms with Crippen LogP contribution in [0.15, 0.2) is 58.4 Å². The summed E-state index contributed by atoms with van der Waals surface area (Å²) in [6.45, 7) is 3.77. The molecule has 0 aliphatic carbocycles. The van der Waals surface area contributed by atoms with Crippen LogP contribution in [-0.4, -0.2) is 39.2 Å². The predicted molar refractivity (Wildman–Crippen MR) is 126 cm³/mol. The molecule has 0 atom stereocenters. The summed E-state index contributed by atoms with van der Waals surface area (Å²) in [5.41, 5.74) is -0.203. The molecule has 174 valence electrons. The molecule has 0 aliphatic heterocycles. The first-order valence-corrected chi connectivity index (χ1v) is 9.91. The highest BCUT2D eigenvalue weighted by Crippen LogP contribution is 2.29. The molecule has 0 aliphatic rings. The fourth-order valence-electron chi connectivity index (χ4n) is 3.06. The largest absolute Gasteiger partial charge is 0.467 e. The molecule has 0 amide bonds. The number of furan rings is 1. The first-order chi connectivity index (χ1) is 14.9. The minimum absolute atomic E-state index is 0. The van der Waals surface area contributed by atoms with Crippen molar-refractivity contribution in [2.24, 2.45) is 4.99 Å². The lowest BCUT2D eigenvalue weighted by Gasteiger charge is -2.22. The van der Waals surface area contributed by atoms with E-state index in [0.717, 1.165) is 30.1 Å². The molecule has 11 heteroatoms. The Kier molecular flexibility index (Phi) is 9.54. The van der Waals surface area contributed by atoms with Crippen molar-refractivity contribution in [2.75, 3.05) is 13.6 Å². The van der Waals surface area contributed by atoms with Crippen LogP contribution in [0.5, 0.6) is 0 Å². The lowest BCUT2D eigenvalue weighted by Crippen LogP contribution is -2.40. The van der Waals surface area contributed by atoms with Gasteiger partial charge in [0.2, 0.25) is 0 Å². The maximum atomic E-state index is 13.0. The number of hydrogen-bond donors (Lipinski definition) is 1. The molecule has 32 heavy (non-hydrogen) atoms. The van der Waals surface area contributed by atoms with Crippen molar-refractivity contribution in [3.05, 3.63) is 71.7 Å². The summed E-state index contributed by atoms with van der Waals surface area (Å²) in [6, 6.07) is 8.86. The van der Waals surface area contributed by atoms with Gasteiger partial charge in [-0.3, -0.25) is 0 Å². The maximum Gasteiger partial charge on any atom is 0.416 e. The molecule has 0 radical (unpaired) electrons. The van der Waals surface area contributed by atoms with Gasteiger partial charge in [-0.1, -0.05) is 19.1 Å². The number of hydrogen-bond acceptors (Lipinski definition) is 4. The monoisotopic (exact) mass is 562 g/mol. The molecule has 1 N–H and O–H groups in total. The van der Waals surface area contributed by atoms with Crippen LogP contribution < -0.4 is 5.32 Å². The number of halogens is 4.